The Morgan fingerprint density at radius 1 is 0.707 bits per heavy atom. The molecule has 0 aliphatic carbocycles. The van der Waals surface area contributed by atoms with Crippen LogP contribution in [0.15, 0.2) is 110 Å². The van der Waals surface area contributed by atoms with Gasteiger partial charge in [0, 0.05) is 19.3 Å². The fourth-order valence-electron chi connectivity index (χ4n) is 6.42. The fourth-order valence-corrected chi connectivity index (χ4v) is 6.42. The highest BCUT2D eigenvalue weighted by atomic mass is 16.7. The molecule has 0 spiro atoms. The second-order valence-electron chi connectivity index (χ2n) is 14.2. The third-order valence-corrected chi connectivity index (χ3v) is 9.72. The smallest absolute Gasteiger partial charge is 0.347 e. The molecule has 1 fully saturated rings. The molecule has 1 heterocycles. The van der Waals surface area contributed by atoms with Crippen LogP contribution in [0.3, 0.4) is 0 Å². The summed E-state index contributed by atoms with van der Waals surface area (Å²) >= 11 is 0. The first-order valence-electron chi connectivity index (χ1n) is 20.6. The van der Waals surface area contributed by atoms with E-state index in [1.807, 2.05) is 43.3 Å². The van der Waals surface area contributed by atoms with Crippen LogP contribution in [-0.2, 0) is 19.0 Å². The van der Waals surface area contributed by atoms with Crippen molar-refractivity contribution < 1.29 is 47.5 Å². The molecule has 0 aromatic heterocycles. The quantitative estimate of drug-likeness (QED) is 0.0294. The standard InChI is InChI=1S/C48H56O10/c1-3-39(56-45(49)4-2)19-16-34-52-40-26-23-37(24-27-40)47(50)57-42-28-21-36(22-29-42)38-25-30-44(43(35-38)48(51)58-41-17-10-9-11-18-41)53-31-13-7-5-6-8-14-32-54-46-20-12-15-33-55-46/h4,9-11,17-18,21-30,35,39,46H,2-3,5-8,12-16,19-20,31-34H2,1H3. The van der Waals surface area contributed by atoms with Crippen LogP contribution >= 0.6 is 0 Å². The first kappa shape index (κ1) is 43.7. The highest BCUT2D eigenvalue weighted by Gasteiger charge is 2.18. The summed E-state index contributed by atoms with van der Waals surface area (Å²) in [5.74, 6) is 0.464. The van der Waals surface area contributed by atoms with Crippen molar-refractivity contribution in [3.05, 3.63) is 121 Å². The molecule has 10 nitrogen and oxygen atoms in total. The Bertz CT molecular complexity index is 1850. The van der Waals surface area contributed by atoms with Gasteiger partial charge in [0.15, 0.2) is 6.29 Å². The molecule has 2 unspecified atom stereocenters. The number of carbonyl (C=O) groups is 3. The summed E-state index contributed by atoms with van der Waals surface area (Å²) in [7, 11) is 0. The minimum atomic E-state index is -0.512. The molecule has 58 heavy (non-hydrogen) atoms. The Balaban J connectivity index is 1.10. The van der Waals surface area contributed by atoms with Crippen molar-refractivity contribution >= 4 is 17.9 Å². The molecule has 10 heteroatoms. The molecular formula is C48H56O10. The van der Waals surface area contributed by atoms with E-state index in [1.165, 1.54) is 6.42 Å². The molecule has 0 radical (unpaired) electrons. The van der Waals surface area contributed by atoms with Crippen molar-refractivity contribution in [2.45, 2.75) is 96.4 Å². The molecule has 1 aliphatic rings. The Morgan fingerprint density at radius 2 is 1.36 bits per heavy atom. The topological polar surface area (TPSA) is 116 Å². The SMILES string of the molecule is C=CC(=O)OC(CC)CCCOc1ccc(C(=O)Oc2ccc(-c3ccc(OCCCCCCCCOC4CCCCO4)c(C(=O)Oc4ccccc4)c3)cc2)cc1. The molecule has 4 aromatic carbocycles. The van der Waals surface area contributed by atoms with Gasteiger partial charge in [-0.05, 0) is 123 Å². The lowest BCUT2D eigenvalue weighted by atomic mass is 10.0. The van der Waals surface area contributed by atoms with Crippen LogP contribution in [-0.4, -0.2) is 56.7 Å². The minimum Gasteiger partial charge on any atom is -0.494 e. The van der Waals surface area contributed by atoms with E-state index in [1.54, 1.807) is 60.7 Å². The van der Waals surface area contributed by atoms with Crippen molar-refractivity contribution in [2.24, 2.45) is 0 Å². The summed E-state index contributed by atoms with van der Waals surface area (Å²) in [4.78, 5) is 37.8. The highest BCUT2D eigenvalue weighted by Crippen LogP contribution is 2.30. The third-order valence-electron chi connectivity index (χ3n) is 9.72. The van der Waals surface area contributed by atoms with Gasteiger partial charge in [-0.2, -0.15) is 0 Å². The van der Waals surface area contributed by atoms with Crippen LogP contribution in [0.4, 0.5) is 0 Å². The van der Waals surface area contributed by atoms with Crippen LogP contribution in [0.2, 0.25) is 0 Å². The number of hydrogen-bond acceptors (Lipinski definition) is 10. The van der Waals surface area contributed by atoms with E-state index in [0.29, 0.717) is 66.6 Å². The first-order valence-corrected chi connectivity index (χ1v) is 20.6. The molecule has 0 N–H and O–H groups in total. The molecule has 0 amide bonds. The molecule has 308 valence electrons. The molecule has 1 saturated heterocycles. The zero-order valence-corrected chi connectivity index (χ0v) is 33.6. The predicted octanol–water partition coefficient (Wildman–Crippen LogP) is 10.7. The number of hydrogen-bond donors (Lipinski definition) is 0. The van der Waals surface area contributed by atoms with Crippen LogP contribution < -0.4 is 18.9 Å². The summed E-state index contributed by atoms with van der Waals surface area (Å²) < 4.78 is 40.1. The van der Waals surface area contributed by atoms with Crippen LogP contribution in [0, 0.1) is 0 Å². The number of esters is 3. The lowest BCUT2D eigenvalue weighted by molar-refractivity contribution is -0.162. The second-order valence-corrected chi connectivity index (χ2v) is 14.2. The number of unbranched alkanes of at least 4 members (excludes halogenated alkanes) is 5. The van der Waals surface area contributed by atoms with Gasteiger partial charge in [-0.3, -0.25) is 0 Å². The van der Waals surface area contributed by atoms with Crippen molar-refractivity contribution in [1.82, 2.24) is 0 Å². The number of carbonyl (C=O) groups excluding carboxylic acids is 3. The van der Waals surface area contributed by atoms with E-state index in [2.05, 4.69) is 6.58 Å². The van der Waals surface area contributed by atoms with Crippen LogP contribution in [0.25, 0.3) is 11.1 Å². The van der Waals surface area contributed by atoms with Crippen molar-refractivity contribution in [1.29, 1.82) is 0 Å². The number of benzene rings is 4. The minimum absolute atomic E-state index is 0.0213. The Hall–Kier alpha value is -5.45. The maximum atomic E-state index is 13.5. The van der Waals surface area contributed by atoms with Gasteiger partial charge in [-0.25, -0.2) is 14.4 Å². The molecule has 0 bridgehead atoms. The maximum absolute atomic E-state index is 13.5. The lowest BCUT2D eigenvalue weighted by Gasteiger charge is -2.22. The average molecular weight is 793 g/mol. The fraction of sp³-hybridized carbons (Fsp3) is 0.396. The van der Waals surface area contributed by atoms with Gasteiger partial charge < -0.3 is 33.2 Å². The van der Waals surface area contributed by atoms with Gasteiger partial charge in [-0.15, -0.1) is 0 Å². The van der Waals surface area contributed by atoms with Gasteiger partial charge in [0.05, 0.1) is 18.8 Å². The summed E-state index contributed by atoms with van der Waals surface area (Å²) in [5, 5.41) is 0. The number of para-hydroxylation sites is 1. The molecule has 2 atom stereocenters. The molecule has 0 saturated carbocycles. The first-order chi connectivity index (χ1) is 28.4. The van der Waals surface area contributed by atoms with Gasteiger partial charge in [0.1, 0.15) is 34.7 Å². The van der Waals surface area contributed by atoms with Gasteiger partial charge in [-0.1, -0.05) is 75.6 Å². The maximum Gasteiger partial charge on any atom is 0.347 e. The largest absolute Gasteiger partial charge is 0.494 e. The number of rotatable bonds is 24. The number of ether oxygens (including phenoxy) is 7. The van der Waals surface area contributed by atoms with Gasteiger partial charge >= 0.3 is 17.9 Å². The van der Waals surface area contributed by atoms with Crippen LogP contribution in [0.1, 0.15) is 105 Å². The van der Waals surface area contributed by atoms with E-state index in [-0.39, 0.29) is 12.4 Å². The second kappa shape index (κ2) is 24.4. The molecule has 4 aromatic rings. The molecule has 5 rings (SSSR count). The summed E-state index contributed by atoms with van der Waals surface area (Å²) in [5.41, 5.74) is 2.30. The highest BCUT2D eigenvalue weighted by molar-refractivity contribution is 5.95. The van der Waals surface area contributed by atoms with E-state index >= 15 is 0 Å². The lowest BCUT2D eigenvalue weighted by Crippen LogP contribution is -2.22. The summed E-state index contributed by atoms with van der Waals surface area (Å²) in [6.45, 7) is 7.88. The zero-order valence-electron chi connectivity index (χ0n) is 33.6. The van der Waals surface area contributed by atoms with E-state index in [4.69, 9.17) is 33.2 Å². The normalized spacial score (nSPS) is 14.2. The van der Waals surface area contributed by atoms with E-state index in [9.17, 15) is 14.4 Å². The van der Waals surface area contributed by atoms with Gasteiger partial charge in [0.2, 0.25) is 0 Å². The van der Waals surface area contributed by atoms with E-state index < -0.39 is 17.9 Å². The monoisotopic (exact) mass is 792 g/mol. The summed E-state index contributed by atoms with van der Waals surface area (Å²) in [6.07, 6.45) is 12.7. The predicted molar refractivity (Wildman–Crippen MR) is 223 cm³/mol. The molecule has 1 aliphatic heterocycles. The van der Waals surface area contributed by atoms with Crippen molar-refractivity contribution in [3.8, 4) is 34.1 Å². The molecular weight excluding hydrogens is 737 g/mol. The Kier molecular flexibility index (Phi) is 18.3. The van der Waals surface area contributed by atoms with Gasteiger partial charge in [0.25, 0.3) is 0 Å². The summed E-state index contributed by atoms with van der Waals surface area (Å²) in [6, 6.07) is 28.3. The Labute approximate surface area is 342 Å². The third kappa shape index (κ3) is 14.8. The van der Waals surface area contributed by atoms with Crippen molar-refractivity contribution in [2.75, 3.05) is 26.4 Å². The van der Waals surface area contributed by atoms with Crippen molar-refractivity contribution in [3.63, 3.8) is 0 Å². The van der Waals surface area contributed by atoms with E-state index in [0.717, 1.165) is 81.8 Å². The average Bonchev–Trinajstić information content (AvgIpc) is 3.26. The Morgan fingerprint density at radius 3 is 2.07 bits per heavy atom. The van der Waals surface area contributed by atoms with Crippen LogP contribution in [0.5, 0.6) is 23.0 Å². The zero-order chi connectivity index (χ0) is 40.8.